The zero-order chi connectivity index (χ0) is 11.6. The summed E-state index contributed by atoms with van der Waals surface area (Å²) in [5, 5.41) is 8.33. The first-order chi connectivity index (χ1) is 6.84. The van der Waals surface area contributed by atoms with E-state index in [-0.39, 0.29) is 0 Å². The van der Waals surface area contributed by atoms with Gasteiger partial charge in [-0.05, 0) is 30.5 Å². The molecule has 0 unspecified atom stereocenters. The van der Waals surface area contributed by atoms with Crippen LogP contribution in [0.15, 0.2) is 18.2 Å². The molecule has 0 fully saturated rings. The maximum Gasteiger partial charge on any atom is 0.374 e. The van der Waals surface area contributed by atoms with Crippen LogP contribution in [0.4, 0.5) is 8.78 Å². The van der Waals surface area contributed by atoms with Gasteiger partial charge in [-0.15, -0.1) is 0 Å². The van der Waals surface area contributed by atoms with E-state index in [0.717, 1.165) is 0 Å². The first-order valence-corrected chi connectivity index (χ1v) is 4.51. The largest absolute Gasteiger partial charge is 0.477 e. The zero-order valence-corrected chi connectivity index (χ0v) is 8.55. The lowest BCUT2D eigenvalue weighted by molar-refractivity contribution is -0.164. The Morgan fingerprint density at radius 1 is 1.33 bits per heavy atom. The lowest BCUT2D eigenvalue weighted by Gasteiger charge is -2.14. The number of halogens is 2. The fraction of sp³-hybridized carbons (Fsp3) is 0.364. The van der Waals surface area contributed by atoms with Crippen LogP contribution in [0.2, 0.25) is 0 Å². The van der Waals surface area contributed by atoms with Crippen molar-refractivity contribution >= 4 is 5.97 Å². The van der Waals surface area contributed by atoms with E-state index in [1.807, 2.05) is 0 Å². The lowest BCUT2D eigenvalue weighted by Crippen LogP contribution is -2.31. The molecule has 0 aliphatic rings. The van der Waals surface area contributed by atoms with Gasteiger partial charge in [-0.2, -0.15) is 8.78 Å². The summed E-state index contributed by atoms with van der Waals surface area (Å²) in [6.07, 6.45) is -0.749. The van der Waals surface area contributed by atoms with Crippen molar-refractivity contribution in [1.29, 1.82) is 0 Å². The molecule has 0 spiro atoms. The quantitative estimate of drug-likeness (QED) is 0.839. The summed E-state index contributed by atoms with van der Waals surface area (Å²) in [6.45, 7) is 3.39. The highest BCUT2D eigenvalue weighted by atomic mass is 19.3. The minimum Gasteiger partial charge on any atom is -0.477 e. The Kier molecular flexibility index (Phi) is 3.07. The second-order valence-corrected chi connectivity index (χ2v) is 3.56. The highest BCUT2D eigenvalue weighted by Crippen LogP contribution is 2.24. The van der Waals surface area contributed by atoms with Crippen molar-refractivity contribution in [2.24, 2.45) is 0 Å². The van der Waals surface area contributed by atoms with Gasteiger partial charge in [-0.25, -0.2) is 4.79 Å². The Balaban J connectivity index is 3.04. The topological polar surface area (TPSA) is 37.3 Å². The summed E-state index contributed by atoms with van der Waals surface area (Å²) in [7, 11) is 0. The summed E-state index contributed by atoms with van der Waals surface area (Å²) < 4.78 is 26.0. The fourth-order valence-corrected chi connectivity index (χ4v) is 1.43. The molecule has 1 aromatic rings. The van der Waals surface area contributed by atoms with Gasteiger partial charge in [0.05, 0.1) is 0 Å². The number of aliphatic carboxylic acids is 1. The number of hydrogen-bond acceptors (Lipinski definition) is 1. The van der Waals surface area contributed by atoms with Gasteiger partial charge >= 0.3 is 11.9 Å². The SMILES string of the molecule is Cc1cccc(C)c1CC(F)(F)C(=O)O. The predicted octanol–water partition coefficient (Wildman–Crippen LogP) is 2.57. The number of rotatable bonds is 3. The highest BCUT2D eigenvalue weighted by molar-refractivity contribution is 5.75. The first-order valence-electron chi connectivity index (χ1n) is 4.51. The van der Waals surface area contributed by atoms with Crippen LogP contribution in [0.1, 0.15) is 16.7 Å². The Labute approximate surface area is 86.5 Å². The van der Waals surface area contributed by atoms with E-state index in [9.17, 15) is 13.6 Å². The van der Waals surface area contributed by atoms with Gasteiger partial charge in [0.1, 0.15) is 0 Å². The van der Waals surface area contributed by atoms with Crippen LogP contribution >= 0.6 is 0 Å². The van der Waals surface area contributed by atoms with Crippen LogP contribution in [0, 0.1) is 13.8 Å². The van der Waals surface area contributed by atoms with E-state index >= 15 is 0 Å². The third kappa shape index (κ3) is 2.52. The van der Waals surface area contributed by atoms with E-state index in [2.05, 4.69) is 0 Å². The molecule has 0 amide bonds. The Morgan fingerprint density at radius 2 is 1.80 bits per heavy atom. The summed E-state index contributed by atoms with van der Waals surface area (Å²) in [4.78, 5) is 10.3. The molecule has 0 atom stereocenters. The number of benzene rings is 1. The second kappa shape index (κ2) is 3.96. The molecule has 0 aromatic heterocycles. The highest BCUT2D eigenvalue weighted by Gasteiger charge is 2.39. The standard InChI is InChI=1S/C11H12F2O2/c1-7-4-3-5-8(2)9(7)6-11(12,13)10(14)15/h3-5H,6H2,1-2H3,(H,14,15). The van der Waals surface area contributed by atoms with Crippen molar-refractivity contribution in [3.63, 3.8) is 0 Å². The number of carbonyl (C=O) groups is 1. The van der Waals surface area contributed by atoms with E-state index < -0.39 is 18.3 Å². The molecule has 0 aliphatic heterocycles. The van der Waals surface area contributed by atoms with Gasteiger partial charge in [0, 0.05) is 6.42 Å². The van der Waals surface area contributed by atoms with Crippen LogP contribution in [0.5, 0.6) is 0 Å². The average molecular weight is 214 g/mol. The molecule has 82 valence electrons. The maximum atomic E-state index is 13.0. The van der Waals surface area contributed by atoms with Crippen molar-refractivity contribution in [1.82, 2.24) is 0 Å². The molecule has 0 aliphatic carbocycles. The molecule has 2 nitrogen and oxygen atoms in total. The van der Waals surface area contributed by atoms with Crippen LogP contribution < -0.4 is 0 Å². The minimum absolute atomic E-state index is 0.407. The Hall–Kier alpha value is -1.45. The molecule has 0 bridgehead atoms. The van der Waals surface area contributed by atoms with Gasteiger partial charge < -0.3 is 5.11 Å². The normalized spacial score (nSPS) is 11.5. The molecular weight excluding hydrogens is 202 g/mol. The monoisotopic (exact) mass is 214 g/mol. The smallest absolute Gasteiger partial charge is 0.374 e. The molecule has 1 N–H and O–H groups in total. The third-order valence-corrected chi connectivity index (χ3v) is 2.36. The second-order valence-electron chi connectivity index (χ2n) is 3.56. The van der Waals surface area contributed by atoms with Crippen molar-refractivity contribution in [2.75, 3.05) is 0 Å². The molecule has 0 heterocycles. The lowest BCUT2D eigenvalue weighted by atomic mass is 9.97. The molecule has 0 saturated carbocycles. The van der Waals surface area contributed by atoms with Gasteiger partial charge in [0.15, 0.2) is 0 Å². The molecule has 1 rings (SSSR count). The number of carboxylic acid groups (broad SMARTS) is 1. The molecular formula is C11H12F2O2. The minimum atomic E-state index is -3.70. The summed E-state index contributed by atoms with van der Waals surface area (Å²) in [5.74, 6) is -5.78. The summed E-state index contributed by atoms with van der Waals surface area (Å²) >= 11 is 0. The third-order valence-electron chi connectivity index (χ3n) is 2.36. The first kappa shape index (κ1) is 11.6. The number of carboxylic acids is 1. The average Bonchev–Trinajstić information content (AvgIpc) is 2.11. The Morgan fingerprint density at radius 3 is 2.20 bits per heavy atom. The van der Waals surface area contributed by atoms with E-state index in [1.54, 1.807) is 32.0 Å². The van der Waals surface area contributed by atoms with Crippen LogP contribution in [0.3, 0.4) is 0 Å². The number of hydrogen-bond donors (Lipinski definition) is 1. The maximum absolute atomic E-state index is 13.0. The molecule has 4 heteroatoms. The molecule has 0 saturated heterocycles. The van der Waals surface area contributed by atoms with Crippen LogP contribution in [0.25, 0.3) is 0 Å². The van der Waals surface area contributed by atoms with Gasteiger partial charge in [0.2, 0.25) is 0 Å². The zero-order valence-electron chi connectivity index (χ0n) is 8.55. The van der Waals surface area contributed by atoms with E-state index in [1.165, 1.54) is 0 Å². The number of aryl methyl sites for hydroxylation is 2. The predicted molar refractivity (Wildman–Crippen MR) is 52.2 cm³/mol. The van der Waals surface area contributed by atoms with E-state index in [0.29, 0.717) is 16.7 Å². The Bertz CT molecular complexity index is 366. The van der Waals surface area contributed by atoms with Gasteiger partial charge in [-0.3, -0.25) is 0 Å². The molecule has 0 radical (unpaired) electrons. The van der Waals surface area contributed by atoms with Crippen LogP contribution in [-0.4, -0.2) is 17.0 Å². The van der Waals surface area contributed by atoms with Crippen molar-refractivity contribution in [2.45, 2.75) is 26.2 Å². The van der Waals surface area contributed by atoms with Crippen molar-refractivity contribution in [3.8, 4) is 0 Å². The van der Waals surface area contributed by atoms with E-state index in [4.69, 9.17) is 5.11 Å². The molecule has 15 heavy (non-hydrogen) atoms. The number of alkyl halides is 2. The van der Waals surface area contributed by atoms with Gasteiger partial charge in [0.25, 0.3) is 0 Å². The molecule has 1 aromatic carbocycles. The van der Waals surface area contributed by atoms with Crippen molar-refractivity contribution < 1.29 is 18.7 Å². The van der Waals surface area contributed by atoms with Crippen molar-refractivity contribution in [3.05, 3.63) is 34.9 Å². The summed E-state index contributed by atoms with van der Waals surface area (Å²) in [6, 6.07) is 5.15. The fourth-order valence-electron chi connectivity index (χ4n) is 1.43. The summed E-state index contributed by atoms with van der Waals surface area (Å²) in [5.41, 5.74) is 1.79. The van der Waals surface area contributed by atoms with Gasteiger partial charge in [-0.1, -0.05) is 18.2 Å². The van der Waals surface area contributed by atoms with Crippen LogP contribution in [-0.2, 0) is 11.2 Å².